The van der Waals surface area contributed by atoms with Gasteiger partial charge in [-0.3, -0.25) is 5.41 Å². The van der Waals surface area contributed by atoms with Gasteiger partial charge in [0.1, 0.15) is 0 Å². The molecule has 1 saturated heterocycles. The van der Waals surface area contributed by atoms with Crippen LogP contribution < -0.4 is 0 Å². The monoisotopic (exact) mass is 211 g/mol. The molecule has 3 nitrogen and oxygen atoms in total. The highest BCUT2D eigenvalue weighted by atomic mass is 15.2. The van der Waals surface area contributed by atoms with Crippen molar-refractivity contribution in [2.45, 2.75) is 39.5 Å². The zero-order chi connectivity index (χ0) is 11.1. The van der Waals surface area contributed by atoms with Crippen molar-refractivity contribution < 1.29 is 0 Å². The second kappa shape index (κ2) is 6.83. The number of nitrogens with zero attached hydrogens (tertiary/aromatic N) is 2. The number of rotatable bonds is 6. The SMILES string of the molecule is CCN(CC)CCCN1CCCCC1=N. The Hall–Kier alpha value is -0.570. The van der Waals surface area contributed by atoms with E-state index >= 15 is 0 Å². The maximum Gasteiger partial charge on any atom is 0.0957 e. The quantitative estimate of drug-likeness (QED) is 0.730. The van der Waals surface area contributed by atoms with Gasteiger partial charge in [-0.2, -0.15) is 0 Å². The van der Waals surface area contributed by atoms with Crippen LogP contribution in [0, 0.1) is 5.41 Å². The molecular formula is C12H25N3. The van der Waals surface area contributed by atoms with Crippen LogP contribution >= 0.6 is 0 Å². The molecule has 0 atom stereocenters. The fourth-order valence-corrected chi connectivity index (χ4v) is 2.16. The Balaban J connectivity index is 2.15. The van der Waals surface area contributed by atoms with Crippen LogP contribution in [0.1, 0.15) is 39.5 Å². The molecule has 3 heteroatoms. The summed E-state index contributed by atoms with van der Waals surface area (Å²) < 4.78 is 0. The molecule has 0 aliphatic carbocycles. The summed E-state index contributed by atoms with van der Waals surface area (Å²) in [6, 6.07) is 0. The van der Waals surface area contributed by atoms with Crippen molar-refractivity contribution >= 4 is 5.84 Å². The molecule has 1 rings (SSSR count). The van der Waals surface area contributed by atoms with Gasteiger partial charge in [-0.1, -0.05) is 13.8 Å². The summed E-state index contributed by atoms with van der Waals surface area (Å²) in [5.41, 5.74) is 0. The van der Waals surface area contributed by atoms with E-state index in [-0.39, 0.29) is 0 Å². The van der Waals surface area contributed by atoms with Gasteiger partial charge in [0, 0.05) is 19.5 Å². The first-order valence-corrected chi connectivity index (χ1v) is 6.32. The number of piperidine rings is 1. The summed E-state index contributed by atoms with van der Waals surface area (Å²) >= 11 is 0. The average molecular weight is 211 g/mol. The highest BCUT2D eigenvalue weighted by molar-refractivity contribution is 5.79. The third-order valence-corrected chi connectivity index (χ3v) is 3.27. The van der Waals surface area contributed by atoms with Crippen LogP contribution in [-0.2, 0) is 0 Å². The summed E-state index contributed by atoms with van der Waals surface area (Å²) in [7, 11) is 0. The van der Waals surface area contributed by atoms with Gasteiger partial charge in [0.2, 0.25) is 0 Å². The Morgan fingerprint density at radius 2 is 2.00 bits per heavy atom. The molecule has 1 heterocycles. The molecule has 15 heavy (non-hydrogen) atoms. The van der Waals surface area contributed by atoms with Crippen molar-refractivity contribution in [3.8, 4) is 0 Å². The van der Waals surface area contributed by atoms with Gasteiger partial charge in [-0.15, -0.1) is 0 Å². The van der Waals surface area contributed by atoms with Crippen molar-refractivity contribution in [1.29, 1.82) is 5.41 Å². The van der Waals surface area contributed by atoms with Crippen molar-refractivity contribution in [3.63, 3.8) is 0 Å². The van der Waals surface area contributed by atoms with Crippen LogP contribution in [0.15, 0.2) is 0 Å². The van der Waals surface area contributed by atoms with Crippen LogP contribution in [0.3, 0.4) is 0 Å². The van der Waals surface area contributed by atoms with E-state index in [1.165, 1.54) is 25.8 Å². The predicted molar refractivity (Wildman–Crippen MR) is 65.6 cm³/mol. The molecule has 0 aromatic rings. The van der Waals surface area contributed by atoms with Crippen molar-refractivity contribution in [2.75, 3.05) is 32.7 Å². The lowest BCUT2D eigenvalue weighted by Gasteiger charge is -2.30. The lowest BCUT2D eigenvalue weighted by molar-refractivity contribution is 0.275. The Labute approximate surface area is 94.0 Å². The average Bonchev–Trinajstić information content (AvgIpc) is 2.27. The van der Waals surface area contributed by atoms with E-state index in [1.807, 2.05) is 0 Å². The van der Waals surface area contributed by atoms with Crippen LogP contribution in [0.2, 0.25) is 0 Å². The van der Waals surface area contributed by atoms with Crippen LogP contribution in [0.25, 0.3) is 0 Å². The standard InChI is InChI=1S/C12H25N3/c1-3-14(4-2)9-7-11-15-10-6-5-8-12(15)13/h13H,3-11H2,1-2H3. The molecule has 1 N–H and O–H groups in total. The Morgan fingerprint density at radius 3 is 2.60 bits per heavy atom. The highest BCUT2D eigenvalue weighted by Crippen LogP contribution is 2.10. The fourth-order valence-electron chi connectivity index (χ4n) is 2.16. The Kier molecular flexibility index (Phi) is 5.69. The lowest BCUT2D eigenvalue weighted by Crippen LogP contribution is -2.37. The first-order valence-electron chi connectivity index (χ1n) is 6.32. The molecule has 0 amide bonds. The Bertz CT molecular complexity index is 187. The maximum atomic E-state index is 7.83. The molecule has 0 saturated carbocycles. The highest BCUT2D eigenvalue weighted by Gasteiger charge is 2.13. The van der Waals surface area contributed by atoms with Gasteiger partial charge in [0.15, 0.2) is 0 Å². The summed E-state index contributed by atoms with van der Waals surface area (Å²) in [6.07, 6.45) is 4.67. The number of nitrogens with one attached hydrogen (secondary N) is 1. The van der Waals surface area contributed by atoms with Crippen LogP contribution in [0.5, 0.6) is 0 Å². The van der Waals surface area contributed by atoms with Crippen LogP contribution in [0.4, 0.5) is 0 Å². The zero-order valence-electron chi connectivity index (χ0n) is 10.3. The van der Waals surface area contributed by atoms with Gasteiger partial charge in [0.25, 0.3) is 0 Å². The number of likely N-dealkylation sites (tertiary alicyclic amines) is 1. The zero-order valence-corrected chi connectivity index (χ0v) is 10.3. The second-order valence-electron chi connectivity index (χ2n) is 4.27. The normalized spacial score (nSPS) is 17.5. The molecule has 0 radical (unpaired) electrons. The minimum Gasteiger partial charge on any atom is -0.361 e. The second-order valence-corrected chi connectivity index (χ2v) is 4.27. The van der Waals surface area contributed by atoms with E-state index in [9.17, 15) is 0 Å². The molecule has 1 aliphatic heterocycles. The summed E-state index contributed by atoms with van der Waals surface area (Å²) in [5, 5.41) is 7.83. The minimum absolute atomic E-state index is 0.862. The predicted octanol–water partition coefficient (Wildman–Crippen LogP) is 2.18. The molecule has 0 unspecified atom stereocenters. The van der Waals surface area contributed by atoms with E-state index in [0.717, 1.165) is 38.4 Å². The molecule has 1 fully saturated rings. The number of hydrogen-bond donors (Lipinski definition) is 1. The largest absolute Gasteiger partial charge is 0.361 e. The topological polar surface area (TPSA) is 30.3 Å². The van der Waals surface area contributed by atoms with Gasteiger partial charge >= 0.3 is 0 Å². The molecular weight excluding hydrogens is 186 g/mol. The van der Waals surface area contributed by atoms with E-state index in [2.05, 4.69) is 23.6 Å². The molecule has 0 spiro atoms. The first kappa shape index (κ1) is 12.5. The van der Waals surface area contributed by atoms with Crippen molar-refractivity contribution in [3.05, 3.63) is 0 Å². The third-order valence-electron chi connectivity index (χ3n) is 3.27. The van der Waals surface area contributed by atoms with Gasteiger partial charge in [-0.05, 0) is 38.9 Å². The summed E-state index contributed by atoms with van der Waals surface area (Å²) in [6.45, 7) is 10.1. The van der Waals surface area contributed by atoms with E-state index in [0.29, 0.717) is 0 Å². The molecule has 88 valence electrons. The van der Waals surface area contributed by atoms with Gasteiger partial charge < -0.3 is 9.80 Å². The third kappa shape index (κ3) is 4.20. The van der Waals surface area contributed by atoms with Gasteiger partial charge in [0.05, 0.1) is 5.84 Å². The summed E-state index contributed by atoms with van der Waals surface area (Å²) in [5.74, 6) is 0.862. The number of hydrogen-bond acceptors (Lipinski definition) is 2. The minimum atomic E-state index is 0.862. The van der Waals surface area contributed by atoms with E-state index in [4.69, 9.17) is 5.41 Å². The lowest BCUT2D eigenvalue weighted by atomic mass is 10.1. The van der Waals surface area contributed by atoms with Crippen molar-refractivity contribution in [2.24, 2.45) is 0 Å². The first-order chi connectivity index (χ1) is 7.27. The molecule has 1 aliphatic rings. The Morgan fingerprint density at radius 1 is 1.27 bits per heavy atom. The molecule has 0 aromatic carbocycles. The fraction of sp³-hybridized carbons (Fsp3) is 0.917. The van der Waals surface area contributed by atoms with Crippen molar-refractivity contribution in [1.82, 2.24) is 9.80 Å². The van der Waals surface area contributed by atoms with E-state index in [1.54, 1.807) is 0 Å². The summed E-state index contributed by atoms with van der Waals surface area (Å²) in [4.78, 5) is 4.71. The van der Waals surface area contributed by atoms with E-state index < -0.39 is 0 Å². The smallest absolute Gasteiger partial charge is 0.0957 e. The molecule has 0 bridgehead atoms. The maximum absolute atomic E-state index is 7.83. The number of amidine groups is 1. The molecule has 0 aromatic heterocycles. The van der Waals surface area contributed by atoms with Gasteiger partial charge in [-0.25, -0.2) is 0 Å². The van der Waals surface area contributed by atoms with Crippen LogP contribution in [-0.4, -0.2) is 48.4 Å².